The Kier molecular flexibility index (Phi) is 96.0. The molecule has 0 saturated heterocycles. The van der Waals surface area contributed by atoms with Crippen molar-refractivity contribution in [2.45, 2.75) is 0 Å². The van der Waals surface area contributed by atoms with Crippen molar-refractivity contribution >= 4 is 11.9 Å². The number of hydrogen-bond donors (Lipinski definition) is 1. The standard InChI is InChI=1S/ClHO2.ClO.Li/c2-1-3;1-2;/h2H;;/q;-1;+1. The smallest absolute Gasteiger partial charge is 0.769 e. The molecule has 0 rings (SSSR count). The van der Waals surface area contributed by atoms with Crippen molar-refractivity contribution in [1.29, 1.82) is 0 Å². The van der Waals surface area contributed by atoms with Crippen molar-refractivity contribution < 1.29 is 44.2 Å². The quantitative estimate of drug-likeness (QED) is 0.330. The van der Waals surface area contributed by atoms with Crippen LogP contribution in [0.1, 0.15) is 0 Å². The molecule has 0 spiro atoms. The number of halogens is 2. The molecule has 1 N–H and O–H groups in total. The SMILES string of the molecule is [Li+].[O-]Cl.[O-][Cl+]O. The van der Waals surface area contributed by atoms with Crippen LogP contribution in [0.4, 0.5) is 0 Å². The first-order chi connectivity index (χ1) is 2.41. The molecular formula is HCl2LiO3. The Balaban J connectivity index is -0.0000000275. The zero-order chi connectivity index (χ0) is 4.71. The van der Waals surface area contributed by atoms with Crippen LogP contribution in [0.5, 0.6) is 0 Å². The summed E-state index contributed by atoms with van der Waals surface area (Å²) in [4.78, 5) is 0. The molecule has 0 aromatic heterocycles. The van der Waals surface area contributed by atoms with Crippen molar-refractivity contribution in [2.24, 2.45) is 0 Å². The minimum Gasteiger partial charge on any atom is -0.769 e. The van der Waals surface area contributed by atoms with E-state index in [0.717, 1.165) is 0 Å². The second kappa shape index (κ2) is 36.6. The van der Waals surface area contributed by atoms with Gasteiger partial charge in [0, 0.05) is 0 Å². The van der Waals surface area contributed by atoms with Crippen LogP contribution in [-0.2, 0) is 0 Å². The van der Waals surface area contributed by atoms with Crippen LogP contribution in [0, 0.1) is 11.3 Å². The first-order valence-corrected chi connectivity index (χ1v) is 1.43. The molecule has 0 fully saturated rings. The molecule has 0 unspecified atom stereocenters. The van der Waals surface area contributed by atoms with E-state index >= 15 is 0 Å². The summed E-state index contributed by atoms with van der Waals surface area (Å²) in [5.74, 6) is 0. The summed E-state index contributed by atoms with van der Waals surface area (Å²) in [6.07, 6.45) is 0. The van der Waals surface area contributed by atoms with Gasteiger partial charge in [0.05, 0.1) is 0 Å². The van der Waals surface area contributed by atoms with E-state index in [9.17, 15) is 0 Å². The molecule has 3 nitrogen and oxygen atoms in total. The Bertz CT molecular complexity index is 8.75. The fraction of sp³-hybridized carbons (Fsp3) is 0. The molecular weight excluding hydrogens is 126 g/mol. The molecule has 6 heavy (non-hydrogen) atoms. The van der Waals surface area contributed by atoms with Crippen molar-refractivity contribution in [2.75, 3.05) is 0 Å². The molecule has 0 aliphatic rings. The van der Waals surface area contributed by atoms with E-state index in [1.165, 1.54) is 0 Å². The topological polar surface area (TPSA) is 66.3 Å². The molecule has 0 bridgehead atoms. The van der Waals surface area contributed by atoms with Crippen LogP contribution >= 0.6 is 11.9 Å². The summed E-state index contributed by atoms with van der Waals surface area (Å²) < 4.78 is 22.9. The van der Waals surface area contributed by atoms with Crippen LogP contribution in [0.25, 0.3) is 0 Å². The summed E-state index contributed by atoms with van der Waals surface area (Å²) >= 11 is 3.22. The van der Waals surface area contributed by atoms with Gasteiger partial charge in [0.2, 0.25) is 0 Å². The average molecular weight is 127 g/mol. The maximum absolute atomic E-state index is 8.35. The van der Waals surface area contributed by atoms with Crippen LogP contribution < -0.4 is 28.2 Å². The maximum atomic E-state index is 8.35. The maximum Gasteiger partial charge on any atom is 1.00 e. The number of hydrogen-bond acceptors (Lipinski definition) is 3. The van der Waals surface area contributed by atoms with E-state index < -0.39 is 0 Å². The molecule has 0 amide bonds. The Morgan fingerprint density at radius 2 is 1.50 bits per heavy atom. The van der Waals surface area contributed by atoms with E-state index in [1.807, 2.05) is 0 Å². The molecule has 0 radical (unpaired) electrons. The summed E-state index contributed by atoms with van der Waals surface area (Å²) in [6.45, 7) is 0. The Hall–Kier alpha value is 1.06. The van der Waals surface area contributed by atoms with E-state index in [-0.39, 0.29) is 30.2 Å². The fourth-order valence-corrected chi connectivity index (χ4v) is 0. The van der Waals surface area contributed by atoms with Crippen molar-refractivity contribution in [3.63, 3.8) is 0 Å². The molecule has 0 aliphatic carbocycles. The Labute approximate surface area is 56.3 Å². The zero-order valence-electron chi connectivity index (χ0n) is 3.02. The summed E-state index contributed by atoms with van der Waals surface area (Å²) in [7, 11) is 0. The Morgan fingerprint density at radius 1 is 1.50 bits per heavy atom. The van der Waals surface area contributed by atoms with Gasteiger partial charge in [-0.15, -0.1) is 4.66 Å². The van der Waals surface area contributed by atoms with Gasteiger partial charge in [-0.1, -0.05) is 0 Å². The third-order valence-electron chi connectivity index (χ3n) is 0. The first kappa shape index (κ1) is 15.7. The minimum atomic E-state index is -0.167. The zero-order valence-corrected chi connectivity index (χ0v) is 4.53. The van der Waals surface area contributed by atoms with Gasteiger partial charge in [-0.25, -0.2) is 11.9 Å². The van der Waals surface area contributed by atoms with Gasteiger partial charge < -0.3 is 9.32 Å². The van der Waals surface area contributed by atoms with E-state index in [1.54, 1.807) is 0 Å². The van der Waals surface area contributed by atoms with Gasteiger partial charge in [0.15, 0.2) is 0 Å². The number of rotatable bonds is 0. The van der Waals surface area contributed by atoms with Gasteiger partial charge in [0.25, 0.3) is 0 Å². The van der Waals surface area contributed by atoms with E-state index in [4.69, 9.17) is 14.0 Å². The molecule has 0 saturated carbocycles. The minimum absolute atomic E-state index is 0. The van der Waals surface area contributed by atoms with Crippen LogP contribution in [0.2, 0.25) is 0 Å². The second-order valence-electron chi connectivity index (χ2n) is 0.0690. The van der Waals surface area contributed by atoms with E-state index in [2.05, 4.69) is 11.9 Å². The van der Waals surface area contributed by atoms with Gasteiger partial charge in [-0.05, 0) is 0 Å². The molecule has 0 aliphatic heterocycles. The van der Waals surface area contributed by atoms with E-state index in [0.29, 0.717) is 0 Å². The van der Waals surface area contributed by atoms with Crippen molar-refractivity contribution in [1.82, 2.24) is 0 Å². The Morgan fingerprint density at radius 3 is 1.50 bits per heavy atom. The largest absolute Gasteiger partial charge is 1.00 e. The second-order valence-corrected chi connectivity index (χ2v) is 0.207. The average Bonchev–Trinajstić information content (AvgIpc) is 1.46. The van der Waals surface area contributed by atoms with Crippen molar-refractivity contribution in [3.8, 4) is 0 Å². The summed E-state index contributed by atoms with van der Waals surface area (Å²) in [5.41, 5.74) is 0. The molecule has 0 aromatic rings. The predicted octanol–water partition coefficient (Wildman–Crippen LogP) is -5.24. The van der Waals surface area contributed by atoms with Crippen molar-refractivity contribution in [3.05, 3.63) is 0 Å². The van der Waals surface area contributed by atoms with Gasteiger partial charge >= 0.3 is 30.2 Å². The van der Waals surface area contributed by atoms with Crippen LogP contribution in [0.15, 0.2) is 0 Å². The third kappa shape index (κ3) is 74.5. The van der Waals surface area contributed by atoms with Gasteiger partial charge in [-0.2, -0.15) is 0 Å². The van der Waals surface area contributed by atoms with Gasteiger partial charge in [0.1, 0.15) is 0 Å². The third-order valence-corrected chi connectivity index (χ3v) is 0. The summed E-state index contributed by atoms with van der Waals surface area (Å²) in [5, 5.41) is 0. The summed E-state index contributed by atoms with van der Waals surface area (Å²) in [6, 6.07) is 0. The van der Waals surface area contributed by atoms with Crippen LogP contribution in [0.3, 0.4) is 0 Å². The molecule has 0 aromatic carbocycles. The first-order valence-electron chi connectivity index (χ1n) is 0.478. The molecule has 34 valence electrons. The predicted molar refractivity (Wildman–Crippen MR) is 8.07 cm³/mol. The molecule has 0 heterocycles. The molecule has 0 atom stereocenters. The normalized spacial score (nSPS) is 4.00. The molecule has 6 heteroatoms. The van der Waals surface area contributed by atoms with Crippen LogP contribution in [-0.4, -0.2) is 4.66 Å². The fourth-order valence-electron chi connectivity index (χ4n) is 0. The monoisotopic (exact) mass is 126 g/mol. The van der Waals surface area contributed by atoms with Gasteiger partial charge in [-0.3, -0.25) is 0 Å².